The number of aromatic nitrogens is 2. The van der Waals surface area contributed by atoms with Crippen molar-refractivity contribution >= 4 is 11.0 Å². The highest BCUT2D eigenvalue weighted by Gasteiger charge is 2.50. The van der Waals surface area contributed by atoms with Gasteiger partial charge in [-0.1, -0.05) is 13.8 Å². The Morgan fingerprint density at radius 1 is 1.10 bits per heavy atom. The second-order valence-corrected chi connectivity index (χ2v) is 8.81. The Labute approximate surface area is 177 Å². The highest BCUT2D eigenvalue weighted by atomic mass is 19.1. The molecule has 2 unspecified atom stereocenters. The van der Waals surface area contributed by atoms with Crippen molar-refractivity contribution in [2.24, 2.45) is 11.8 Å². The number of piperidine rings is 1. The van der Waals surface area contributed by atoms with Crippen LogP contribution in [0.3, 0.4) is 0 Å². The number of likely N-dealkylation sites (tertiary alicyclic amines) is 1. The van der Waals surface area contributed by atoms with Crippen LogP contribution in [-0.4, -0.2) is 52.3 Å². The third-order valence-electron chi connectivity index (χ3n) is 6.94. The summed E-state index contributed by atoms with van der Waals surface area (Å²) in [5.41, 5.74) is -1.15. The number of aromatic amines is 1. The summed E-state index contributed by atoms with van der Waals surface area (Å²) in [4.78, 5) is 8.98. The van der Waals surface area contributed by atoms with Gasteiger partial charge in [-0.15, -0.1) is 0 Å². The quantitative estimate of drug-likeness (QED) is 0.662. The van der Waals surface area contributed by atoms with Gasteiger partial charge < -0.3 is 14.8 Å². The average molecular weight is 431 g/mol. The van der Waals surface area contributed by atoms with E-state index in [0.717, 1.165) is 6.20 Å². The number of nitrogens with zero attached hydrogens (tertiary/aromatic N) is 2. The van der Waals surface area contributed by atoms with Gasteiger partial charge in [-0.05, 0) is 29.3 Å². The van der Waals surface area contributed by atoms with Gasteiger partial charge in [-0.3, -0.25) is 4.90 Å². The van der Waals surface area contributed by atoms with Crippen LogP contribution in [0, 0.1) is 29.3 Å². The van der Waals surface area contributed by atoms with Crippen molar-refractivity contribution < 1.29 is 23.0 Å². The monoisotopic (exact) mass is 431 g/mol. The minimum absolute atomic E-state index is 0.172. The van der Waals surface area contributed by atoms with Gasteiger partial charge in [-0.2, -0.15) is 0 Å². The number of H-pyrrole nitrogens is 1. The van der Waals surface area contributed by atoms with Gasteiger partial charge in [0.1, 0.15) is 22.9 Å². The fraction of sp³-hybridized carbons (Fsp3) is 0.435. The lowest BCUT2D eigenvalue weighted by atomic mass is 9.70. The molecular formula is C23H24F3N3O2. The van der Waals surface area contributed by atoms with E-state index in [1.807, 2.05) is 13.8 Å². The molecule has 4 heterocycles. The van der Waals surface area contributed by atoms with E-state index in [9.17, 15) is 9.50 Å². The van der Waals surface area contributed by atoms with Crippen molar-refractivity contribution in [2.75, 3.05) is 26.3 Å². The maximum Gasteiger partial charge on any atom is 0.150 e. The van der Waals surface area contributed by atoms with Gasteiger partial charge in [0.2, 0.25) is 0 Å². The second kappa shape index (κ2) is 7.32. The topological polar surface area (TPSA) is 61.4 Å². The molecule has 0 radical (unpaired) electrons. The number of halogens is 3. The zero-order valence-electron chi connectivity index (χ0n) is 17.3. The van der Waals surface area contributed by atoms with Gasteiger partial charge in [0, 0.05) is 37.3 Å². The first-order chi connectivity index (χ1) is 14.8. The van der Waals surface area contributed by atoms with Crippen LogP contribution in [0.15, 0.2) is 30.6 Å². The molecule has 1 aromatic carbocycles. The smallest absolute Gasteiger partial charge is 0.150 e. The average Bonchev–Trinajstić information content (AvgIpc) is 3.05. The van der Waals surface area contributed by atoms with Crippen molar-refractivity contribution in [1.29, 1.82) is 0 Å². The molecule has 2 N–H and O–H groups in total. The number of rotatable bonds is 3. The fourth-order valence-electron chi connectivity index (χ4n) is 5.14. The summed E-state index contributed by atoms with van der Waals surface area (Å²) in [6.07, 6.45) is 2.62. The SMILES string of the molecule is CC1CN(C2COC2)CC(C)C1(O)c1c(F)cc(-c2ccnc3[nH]cc(F)c23)cc1F. The van der Waals surface area contributed by atoms with Gasteiger partial charge in [0.15, 0.2) is 5.82 Å². The molecule has 0 spiro atoms. The molecule has 8 heteroatoms. The van der Waals surface area contributed by atoms with E-state index in [2.05, 4.69) is 14.9 Å². The van der Waals surface area contributed by atoms with E-state index in [-0.39, 0.29) is 34.4 Å². The number of pyridine rings is 1. The Morgan fingerprint density at radius 2 is 1.74 bits per heavy atom. The molecule has 0 amide bonds. The Kier molecular flexibility index (Phi) is 4.84. The lowest BCUT2D eigenvalue weighted by molar-refractivity contribution is -0.153. The number of hydrogen-bond acceptors (Lipinski definition) is 4. The Morgan fingerprint density at radius 3 is 2.32 bits per heavy atom. The van der Waals surface area contributed by atoms with Gasteiger partial charge in [0.25, 0.3) is 0 Å². The fourth-order valence-corrected chi connectivity index (χ4v) is 5.14. The standard InChI is InChI=1S/C23H24F3N3O2/c1-12-8-29(15-10-31-11-15)9-13(2)23(12,30)21-17(24)5-14(6-18(21)25)16-3-4-27-22-20(16)19(26)7-28-22/h3-7,12-13,15,30H,8-11H2,1-2H3,(H,27,28). The molecule has 2 atom stereocenters. The van der Waals surface area contributed by atoms with E-state index < -0.39 is 23.1 Å². The van der Waals surface area contributed by atoms with Crippen LogP contribution in [0.2, 0.25) is 0 Å². The number of fused-ring (bicyclic) bond motifs is 1. The summed E-state index contributed by atoms with van der Waals surface area (Å²) in [5, 5.41) is 11.7. The summed E-state index contributed by atoms with van der Waals surface area (Å²) in [5.74, 6) is -2.99. The van der Waals surface area contributed by atoms with Crippen LogP contribution >= 0.6 is 0 Å². The molecule has 5 rings (SSSR count). The number of benzene rings is 1. The molecule has 164 valence electrons. The van der Waals surface area contributed by atoms with Crippen LogP contribution in [0.25, 0.3) is 22.2 Å². The highest BCUT2D eigenvalue weighted by Crippen LogP contribution is 2.45. The van der Waals surface area contributed by atoms with Crippen molar-refractivity contribution in [1.82, 2.24) is 14.9 Å². The normalized spacial score (nSPS) is 27.5. The number of hydrogen-bond donors (Lipinski definition) is 2. The molecule has 2 saturated heterocycles. The van der Waals surface area contributed by atoms with Gasteiger partial charge in [-0.25, -0.2) is 18.2 Å². The molecule has 3 aromatic rings. The maximum absolute atomic E-state index is 15.4. The molecular weight excluding hydrogens is 407 g/mol. The number of ether oxygens (including phenoxy) is 1. The molecule has 0 saturated carbocycles. The summed E-state index contributed by atoms with van der Waals surface area (Å²) >= 11 is 0. The Balaban J connectivity index is 1.56. The van der Waals surface area contributed by atoms with E-state index in [0.29, 0.717) is 37.5 Å². The summed E-state index contributed by atoms with van der Waals surface area (Å²) in [7, 11) is 0. The lowest BCUT2D eigenvalue weighted by Gasteiger charge is -2.51. The third-order valence-corrected chi connectivity index (χ3v) is 6.94. The van der Waals surface area contributed by atoms with Crippen molar-refractivity contribution in [3.8, 4) is 11.1 Å². The lowest BCUT2D eigenvalue weighted by Crippen LogP contribution is -2.61. The zero-order valence-corrected chi connectivity index (χ0v) is 17.3. The third kappa shape index (κ3) is 3.08. The summed E-state index contributed by atoms with van der Waals surface area (Å²) in [6, 6.07) is 4.15. The van der Waals surface area contributed by atoms with Crippen LogP contribution in [-0.2, 0) is 10.3 Å². The molecule has 31 heavy (non-hydrogen) atoms. The molecule has 0 aliphatic carbocycles. The van der Waals surface area contributed by atoms with E-state index in [1.165, 1.54) is 24.4 Å². The summed E-state index contributed by atoms with van der Waals surface area (Å²) in [6.45, 7) is 5.97. The molecule has 5 nitrogen and oxygen atoms in total. The minimum atomic E-state index is -1.65. The minimum Gasteiger partial charge on any atom is -0.384 e. The Hall–Kier alpha value is -2.42. The first-order valence-electron chi connectivity index (χ1n) is 10.5. The van der Waals surface area contributed by atoms with Crippen LogP contribution in [0.5, 0.6) is 0 Å². The predicted molar refractivity (Wildman–Crippen MR) is 110 cm³/mol. The van der Waals surface area contributed by atoms with Gasteiger partial charge in [0.05, 0.1) is 30.2 Å². The summed E-state index contributed by atoms with van der Waals surface area (Å²) < 4.78 is 50.3. The van der Waals surface area contributed by atoms with Gasteiger partial charge >= 0.3 is 0 Å². The first-order valence-corrected chi connectivity index (χ1v) is 10.5. The second-order valence-electron chi connectivity index (χ2n) is 8.81. The van der Waals surface area contributed by atoms with Crippen LogP contribution in [0.1, 0.15) is 19.4 Å². The molecule has 2 aliphatic heterocycles. The van der Waals surface area contributed by atoms with Crippen LogP contribution < -0.4 is 0 Å². The number of nitrogens with one attached hydrogen (secondary N) is 1. The first kappa shape index (κ1) is 20.5. The molecule has 2 fully saturated rings. The highest BCUT2D eigenvalue weighted by molar-refractivity contribution is 5.93. The zero-order chi connectivity index (χ0) is 21.9. The van der Waals surface area contributed by atoms with Crippen LogP contribution in [0.4, 0.5) is 13.2 Å². The van der Waals surface area contributed by atoms with E-state index in [1.54, 1.807) is 0 Å². The maximum atomic E-state index is 15.4. The molecule has 2 aromatic heterocycles. The number of aliphatic hydroxyl groups is 1. The van der Waals surface area contributed by atoms with E-state index in [4.69, 9.17) is 4.74 Å². The van der Waals surface area contributed by atoms with Crippen molar-refractivity contribution in [2.45, 2.75) is 25.5 Å². The predicted octanol–water partition coefficient (Wildman–Crippen LogP) is 3.82. The molecule has 0 bridgehead atoms. The largest absolute Gasteiger partial charge is 0.384 e. The van der Waals surface area contributed by atoms with E-state index >= 15 is 8.78 Å². The van der Waals surface area contributed by atoms with Crippen molar-refractivity contribution in [3.63, 3.8) is 0 Å². The molecule has 2 aliphatic rings. The Bertz CT molecular complexity index is 1110. The van der Waals surface area contributed by atoms with Crippen molar-refractivity contribution in [3.05, 3.63) is 53.6 Å².